The van der Waals surface area contributed by atoms with Crippen molar-refractivity contribution in [2.45, 2.75) is 46.0 Å². The van der Waals surface area contributed by atoms with Crippen LogP contribution < -0.4 is 10.6 Å². The minimum absolute atomic E-state index is 0. The molecule has 0 unspecified atom stereocenters. The zero-order valence-corrected chi connectivity index (χ0v) is 18.7. The fraction of sp³-hybridized carbons (Fsp3) is 0.750. The Kier molecular flexibility index (Phi) is 14.3. The van der Waals surface area contributed by atoms with E-state index in [9.17, 15) is 0 Å². The van der Waals surface area contributed by atoms with Gasteiger partial charge in [0, 0.05) is 37.4 Å². The third kappa shape index (κ3) is 10.4. The van der Waals surface area contributed by atoms with Crippen molar-refractivity contribution < 1.29 is 0 Å². The molecule has 0 spiro atoms. The monoisotopic (exact) mass is 470 g/mol. The molecule has 1 heterocycles. The molecule has 0 aliphatic heterocycles. The summed E-state index contributed by atoms with van der Waals surface area (Å²) in [5.74, 6) is 2.67. The van der Waals surface area contributed by atoms with Crippen LogP contribution in [0.15, 0.2) is 10.4 Å². The fourth-order valence-electron chi connectivity index (χ4n) is 1.90. The Hall–Kier alpha value is -0.0200. The topological polar surface area (TPSA) is 49.3 Å². The number of hydrogen-bond donors (Lipinski definition) is 2. The molecule has 2 N–H and O–H groups in total. The highest BCUT2D eigenvalue weighted by Crippen LogP contribution is 2.19. The maximum absolute atomic E-state index is 4.66. The molecule has 1 aromatic rings. The smallest absolute Gasteiger partial charge is 0.191 e. The lowest BCUT2D eigenvalue weighted by molar-refractivity contribution is 0.762. The van der Waals surface area contributed by atoms with E-state index in [4.69, 9.17) is 0 Å². The summed E-state index contributed by atoms with van der Waals surface area (Å²) in [6.45, 7) is 9.13. The van der Waals surface area contributed by atoms with E-state index in [0.717, 1.165) is 38.4 Å². The van der Waals surface area contributed by atoms with Gasteiger partial charge in [-0.25, -0.2) is 4.98 Å². The van der Waals surface area contributed by atoms with Gasteiger partial charge in [-0.1, -0.05) is 13.8 Å². The van der Waals surface area contributed by atoms with Gasteiger partial charge in [-0.05, 0) is 31.8 Å². The summed E-state index contributed by atoms with van der Waals surface area (Å²) in [5.41, 5.74) is 1.18. The molecule has 0 atom stereocenters. The number of guanidine groups is 1. The zero-order chi connectivity index (χ0) is 16.2. The minimum Gasteiger partial charge on any atom is -0.357 e. The summed E-state index contributed by atoms with van der Waals surface area (Å²) in [5, 5.41) is 10.1. The summed E-state index contributed by atoms with van der Waals surface area (Å²) in [4.78, 5) is 9.28. The first-order chi connectivity index (χ1) is 10.7. The van der Waals surface area contributed by atoms with Crippen LogP contribution in [0.25, 0.3) is 0 Å². The predicted octanol–water partition coefficient (Wildman–Crippen LogP) is 4.13. The zero-order valence-electron chi connectivity index (χ0n) is 14.7. The number of thioether (sulfide) groups is 1. The molecule has 0 amide bonds. The van der Waals surface area contributed by atoms with Crippen LogP contribution >= 0.6 is 47.1 Å². The first kappa shape index (κ1) is 23.0. The van der Waals surface area contributed by atoms with Gasteiger partial charge in [-0.2, -0.15) is 11.8 Å². The largest absolute Gasteiger partial charge is 0.357 e. The second kappa shape index (κ2) is 14.3. The molecule has 4 nitrogen and oxygen atoms in total. The Morgan fingerprint density at radius 2 is 2.13 bits per heavy atom. The normalized spacial score (nSPS) is 11.4. The van der Waals surface area contributed by atoms with Crippen LogP contribution in [-0.4, -0.2) is 42.6 Å². The van der Waals surface area contributed by atoms with Gasteiger partial charge in [0.05, 0.1) is 10.7 Å². The molecule has 0 saturated heterocycles. The molecule has 0 saturated carbocycles. The van der Waals surface area contributed by atoms with Crippen LogP contribution in [0.5, 0.6) is 0 Å². The summed E-state index contributed by atoms with van der Waals surface area (Å²) in [6, 6.07) is 0. The van der Waals surface area contributed by atoms with Gasteiger partial charge in [-0.3, -0.25) is 4.99 Å². The van der Waals surface area contributed by atoms with E-state index in [1.807, 2.05) is 11.8 Å². The number of hydrogen-bond acceptors (Lipinski definition) is 4. The van der Waals surface area contributed by atoms with Gasteiger partial charge >= 0.3 is 0 Å². The van der Waals surface area contributed by atoms with E-state index in [-0.39, 0.29) is 24.0 Å². The number of nitrogens with one attached hydrogen (secondary N) is 2. The summed E-state index contributed by atoms with van der Waals surface area (Å²) >= 11 is 3.66. The lowest BCUT2D eigenvalue weighted by Gasteiger charge is -2.10. The van der Waals surface area contributed by atoms with Gasteiger partial charge in [0.1, 0.15) is 0 Å². The molecule has 1 aromatic heterocycles. The quantitative estimate of drug-likeness (QED) is 0.234. The number of thiazole rings is 1. The van der Waals surface area contributed by atoms with E-state index >= 15 is 0 Å². The summed E-state index contributed by atoms with van der Waals surface area (Å²) in [6.07, 6.45) is 5.49. The van der Waals surface area contributed by atoms with Crippen LogP contribution in [-0.2, 0) is 6.42 Å². The van der Waals surface area contributed by atoms with Gasteiger partial charge in [-0.15, -0.1) is 35.3 Å². The molecule has 0 aliphatic carbocycles. The maximum atomic E-state index is 4.66. The number of nitrogens with zero attached hydrogens (tertiary/aromatic N) is 2. The van der Waals surface area contributed by atoms with Crippen molar-refractivity contribution in [3.63, 3.8) is 0 Å². The van der Waals surface area contributed by atoms with E-state index < -0.39 is 0 Å². The van der Waals surface area contributed by atoms with Crippen LogP contribution in [0.4, 0.5) is 0 Å². The highest BCUT2D eigenvalue weighted by molar-refractivity contribution is 14.0. The third-order valence-electron chi connectivity index (χ3n) is 3.11. The van der Waals surface area contributed by atoms with Gasteiger partial charge in [0.25, 0.3) is 0 Å². The summed E-state index contributed by atoms with van der Waals surface area (Å²) < 4.78 is 0. The number of unbranched alkanes of at least 4 members (excludes halogenated alkanes) is 1. The average molecular weight is 470 g/mol. The average Bonchev–Trinajstić information content (AvgIpc) is 2.96. The molecular weight excluding hydrogens is 439 g/mol. The molecule has 0 fully saturated rings. The summed E-state index contributed by atoms with van der Waals surface area (Å²) in [7, 11) is 0. The number of halogens is 1. The Bertz CT molecular complexity index is 435. The number of aliphatic imine (C=N–C) groups is 1. The van der Waals surface area contributed by atoms with E-state index in [1.165, 1.54) is 22.9 Å². The van der Waals surface area contributed by atoms with Crippen LogP contribution in [0, 0.1) is 0 Å². The van der Waals surface area contributed by atoms with Crippen LogP contribution in [0.2, 0.25) is 0 Å². The number of aromatic nitrogens is 1. The highest BCUT2D eigenvalue weighted by atomic mass is 127. The lowest BCUT2D eigenvalue weighted by Crippen LogP contribution is -2.38. The van der Waals surface area contributed by atoms with Crippen molar-refractivity contribution in [2.75, 3.05) is 31.6 Å². The molecule has 23 heavy (non-hydrogen) atoms. The van der Waals surface area contributed by atoms with Crippen LogP contribution in [0.1, 0.15) is 50.2 Å². The molecule has 1 rings (SSSR count). The molecule has 0 bridgehead atoms. The van der Waals surface area contributed by atoms with Crippen molar-refractivity contribution in [1.29, 1.82) is 0 Å². The molecule has 7 heteroatoms. The van der Waals surface area contributed by atoms with Crippen LogP contribution in [0.3, 0.4) is 0 Å². The molecule has 0 radical (unpaired) electrons. The molecule has 134 valence electrons. The van der Waals surface area contributed by atoms with Crippen molar-refractivity contribution in [2.24, 2.45) is 4.99 Å². The van der Waals surface area contributed by atoms with Gasteiger partial charge in [0.2, 0.25) is 0 Å². The fourth-order valence-corrected chi connectivity index (χ4v) is 3.26. The Labute approximate surface area is 166 Å². The van der Waals surface area contributed by atoms with E-state index in [0.29, 0.717) is 5.92 Å². The third-order valence-corrected chi connectivity index (χ3v) is 5.00. The van der Waals surface area contributed by atoms with Gasteiger partial charge < -0.3 is 10.6 Å². The first-order valence-electron chi connectivity index (χ1n) is 8.12. The van der Waals surface area contributed by atoms with E-state index in [2.05, 4.69) is 53.0 Å². The Morgan fingerprint density at radius 3 is 2.74 bits per heavy atom. The van der Waals surface area contributed by atoms with Crippen molar-refractivity contribution >= 4 is 53.0 Å². The Morgan fingerprint density at radius 1 is 1.35 bits per heavy atom. The van der Waals surface area contributed by atoms with Crippen molar-refractivity contribution in [3.05, 3.63) is 16.1 Å². The standard InChI is InChI=1S/C16H30N4S2.HI/c1-5-17-16(18-9-6-7-11-21-4)19-10-8-14-12-22-15(20-14)13(2)3;/h12-13H,5-11H2,1-4H3,(H2,17,18,19);1H. The van der Waals surface area contributed by atoms with Crippen molar-refractivity contribution in [1.82, 2.24) is 15.6 Å². The maximum Gasteiger partial charge on any atom is 0.191 e. The Balaban J connectivity index is 0.00000484. The minimum atomic E-state index is 0. The SMILES string of the molecule is CCNC(=NCCCCSC)NCCc1csc(C(C)C)n1.I. The lowest BCUT2D eigenvalue weighted by atomic mass is 10.2. The molecule has 0 aliphatic rings. The van der Waals surface area contributed by atoms with Crippen molar-refractivity contribution in [3.8, 4) is 0 Å². The molecule has 0 aromatic carbocycles. The predicted molar refractivity (Wildman–Crippen MR) is 117 cm³/mol. The number of rotatable bonds is 10. The van der Waals surface area contributed by atoms with Gasteiger partial charge in [0.15, 0.2) is 5.96 Å². The second-order valence-corrected chi connectivity index (χ2v) is 7.34. The van der Waals surface area contributed by atoms with E-state index in [1.54, 1.807) is 11.3 Å². The molecular formula is C16H31IN4S2. The first-order valence-corrected chi connectivity index (χ1v) is 10.4. The second-order valence-electron chi connectivity index (χ2n) is 5.47. The highest BCUT2D eigenvalue weighted by Gasteiger charge is 2.05.